The van der Waals surface area contributed by atoms with Crippen LogP contribution < -0.4 is 0 Å². The molecule has 0 fully saturated rings. The number of aryl methyl sites for hydroxylation is 1. The molecule has 14 heavy (non-hydrogen) atoms. The number of nitrogens with zero attached hydrogens (tertiary/aromatic N) is 1. The third-order valence-electron chi connectivity index (χ3n) is 2.20. The molecule has 0 saturated heterocycles. The van der Waals surface area contributed by atoms with Gasteiger partial charge in [0.05, 0.1) is 0 Å². The predicted octanol–water partition coefficient (Wildman–Crippen LogP) is 2.96. The molecule has 0 aromatic heterocycles. The van der Waals surface area contributed by atoms with Gasteiger partial charge in [-0.1, -0.05) is 22.0 Å². The van der Waals surface area contributed by atoms with Gasteiger partial charge >= 0.3 is 0 Å². The number of halogens is 1. The third-order valence-corrected chi connectivity index (χ3v) is 2.69. The second kappa shape index (κ2) is 4.91. The Morgan fingerprint density at radius 2 is 2.00 bits per heavy atom. The van der Waals surface area contributed by atoms with Crippen LogP contribution in [0.5, 0.6) is 0 Å². The van der Waals surface area contributed by atoms with Gasteiger partial charge in [-0.2, -0.15) is 0 Å². The van der Waals surface area contributed by atoms with Crippen molar-refractivity contribution in [2.75, 3.05) is 21.2 Å². The minimum Gasteiger partial charge on any atom is -0.362 e. The van der Waals surface area contributed by atoms with Crippen LogP contribution in [0.25, 0.3) is 0 Å². The molecular weight excluding hydrogens is 242 g/mol. The SMILES string of the molecule is COC(c1cc(Br)ccc1C)N(C)C. The van der Waals surface area contributed by atoms with Crippen LogP contribution in [-0.2, 0) is 4.74 Å². The minimum atomic E-state index is 0.0208. The van der Waals surface area contributed by atoms with Crippen LogP contribution in [0.4, 0.5) is 0 Å². The number of hydrogen-bond acceptors (Lipinski definition) is 2. The molecule has 1 aromatic carbocycles. The zero-order valence-corrected chi connectivity index (χ0v) is 10.6. The van der Waals surface area contributed by atoms with E-state index in [1.165, 1.54) is 11.1 Å². The summed E-state index contributed by atoms with van der Waals surface area (Å²) in [6, 6.07) is 6.24. The second-order valence-corrected chi connectivity index (χ2v) is 4.47. The fourth-order valence-electron chi connectivity index (χ4n) is 1.49. The van der Waals surface area contributed by atoms with E-state index in [1.54, 1.807) is 7.11 Å². The number of benzene rings is 1. The predicted molar refractivity (Wildman–Crippen MR) is 62.3 cm³/mol. The molecule has 0 aliphatic carbocycles. The maximum atomic E-state index is 5.44. The van der Waals surface area contributed by atoms with Crippen molar-refractivity contribution in [3.63, 3.8) is 0 Å². The number of hydrogen-bond donors (Lipinski definition) is 0. The van der Waals surface area contributed by atoms with Gasteiger partial charge in [0.2, 0.25) is 0 Å². The summed E-state index contributed by atoms with van der Waals surface area (Å²) >= 11 is 3.47. The van der Waals surface area contributed by atoms with E-state index in [2.05, 4.69) is 39.9 Å². The van der Waals surface area contributed by atoms with E-state index < -0.39 is 0 Å². The molecule has 0 aliphatic heterocycles. The highest BCUT2D eigenvalue weighted by atomic mass is 79.9. The smallest absolute Gasteiger partial charge is 0.136 e. The first kappa shape index (κ1) is 11.7. The van der Waals surface area contributed by atoms with Crippen LogP contribution in [0.3, 0.4) is 0 Å². The van der Waals surface area contributed by atoms with Crippen molar-refractivity contribution in [3.05, 3.63) is 33.8 Å². The number of ether oxygens (including phenoxy) is 1. The lowest BCUT2D eigenvalue weighted by Gasteiger charge is -2.24. The Morgan fingerprint density at radius 1 is 1.36 bits per heavy atom. The zero-order chi connectivity index (χ0) is 10.7. The fourth-order valence-corrected chi connectivity index (χ4v) is 1.87. The van der Waals surface area contributed by atoms with Crippen LogP contribution in [0, 0.1) is 6.92 Å². The summed E-state index contributed by atoms with van der Waals surface area (Å²) in [5, 5.41) is 0. The topological polar surface area (TPSA) is 12.5 Å². The molecule has 0 bridgehead atoms. The molecule has 0 saturated carbocycles. The second-order valence-electron chi connectivity index (χ2n) is 3.55. The maximum Gasteiger partial charge on any atom is 0.136 e. The summed E-state index contributed by atoms with van der Waals surface area (Å²) in [6.45, 7) is 2.09. The Bertz CT molecular complexity index is 312. The Balaban J connectivity index is 3.08. The van der Waals surface area contributed by atoms with Crippen molar-refractivity contribution < 1.29 is 4.74 Å². The molecule has 0 aliphatic rings. The monoisotopic (exact) mass is 257 g/mol. The molecule has 0 N–H and O–H groups in total. The van der Waals surface area contributed by atoms with Gasteiger partial charge in [-0.05, 0) is 44.3 Å². The molecule has 0 spiro atoms. The van der Waals surface area contributed by atoms with E-state index in [9.17, 15) is 0 Å². The molecule has 1 rings (SSSR count). The van der Waals surface area contributed by atoms with Crippen molar-refractivity contribution >= 4 is 15.9 Å². The summed E-state index contributed by atoms with van der Waals surface area (Å²) in [7, 11) is 5.74. The molecule has 0 heterocycles. The summed E-state index contributed by atoms with van der Waals surface area (Å²) in [5.74, 6) is 0. The first-order valence-corrected chi connectivity index (χ1v) is 5.31. The fraction of sp³-hybridized carbons (Fsp3) is 0.455. The Labute approximate surface area is 94.0 Å². The Morgan fingerprint density at radius 3 is 2.50 bits per heavy atom. The van der Waals surface area contributed by atoms with Gasteiger partial charge in [-0.3, -0.25) is 4.90 Å². The minimum absolute atomic E-state index is 0.0208. The van der Waals surface area contributed by atoms with Crippen molar-refractivity contribution in [2.24, 2.45) is 0 Å². The number of rotatable bonds is 3. The average molecular weight is 258 g/mol. The van der Waals surface area contributed by atoms with Gasteiger partial charge in [0.1, 0.15) is 6.23 Å². The lowest BCUT2D eigenvalue weighted by Crippen LogP contribution is -2.22. The summed E-state index contributed by atoms with van der Waals surface area (Å²) in [5.41, 5.74) is 2.45. The molecule has 1 atom stereocenters. The van der Waals surface area contributed by atoms with Crippen molar-refractivity contribution in [1.29, 1.82) is 0 Å². The maximum absolute atomic E-state index is 5.44. The highest BCUT2D eigenvalue weighted by Gasteiger charge is 2.15. The molecule has 0 radical (unpaired) electrons. The number of methoxy groups -OCH3 is 1. The van der Waals surface area contributed by atoms with Crippen molar-refractivity contribution in [1.82, 2.24) is 4.90 Å². The van der Waals surface area contributed by atoms with Gasteiger partial charge in [0, 0.05) is 11.6 Å². The molecule has 1 aromatic rings. The molecule has 78 valence electrons. The van der Waals surface area contributed by atoms with Crippen LogP contribution in [-0.4, -0.2) is 26.1 Å². The van der Waals surface area contributed by atoms with Gasteiger partial charge in [0.25, 0.3) is 0 Å². The molecule has 0 amide bonds. The first-order valence-electron chi connectivity index (χ1n) is 4.51. The van der Waals surface area contributed by atoms with Crippen LogP contribution in [0.2, 0.25) is 0 Å². The highest BCUT2D eigenvalue weighted by molar-refractivity contribution is 9.10. The summed E-state index contributed by atoms with van der Waals surface area (Å²) < 4.78 is 6.52. The molecule has 3 heteroatoms. The summed E-state index contributed by atoms with van der Waals surface area (Å²) in [6.07, 6.45) is 0.0208. The molecule has 2 nitrogen and oxygen atoms in total. The van der Waals surface area contributed by atoms with Gasteiger partial charge in [0.15, 0.2) is 0 Å². The quantitative estimate of drug-likeness (QED) is 0.773. The normalized spacial score (nSPS) is 13.3. The molecule has 1 unspecified atom stereocenters. The van der Waals surface area contributed by atoms with E-state index in [0.29, 0.717) is 0 Å². The van der Waals surface area contributed by atoms with Crippen LogP contribution >= 0.6 is 15.9 Å². The third kappa shape index (κ3) is 2.56. The van der Waals surface area contributed by atoms with Crippen molar-refractivity contribution in [2.45, 2.75) is 13.2 Å². The lowest BCUT2D eigenvalue weighted by molar-refractivity contribution is -0.00588. The van der Waals surface area contributed by atoms with E-state index in [-0.39, 0.29) is 6.23 Å². The van der Waals surface area contributed by atoms with E-state index in [1.807, 2.05) is 20.2 Å². The van der Waals surface area contributed by atoms with Crippen molar-refractivity contribution in [3.8, 4) is 0 Å². The lowest BCUT2D eigenvalue weighted by atomic mass is 10.1. The largest absolute Gasteiger partial charge is 0.362 e. The first-order chi connectivity index (χ1) is 6.56. The zero-order valence-electron chi connectivity index (χ0n) is 9.04. The highest BCUT2D eigenvalue weighted by Crippen LogP contribution is 2.25. The summed E-state index contributed by atoms with van der Waals surface area (Å²) in [4.78, 5) is 2.05. The Hall–Kier alpha value is -0.380. The van der Waals surface area contributed by atoms with Crippen LogP contribution in [0.15, 0.2) is 22.7 Å². The van der Waals surface area contributed by atoms with E-state index in [4.69, 9.17) is 4.74 Å². The Kier molecular flexibility index (Phi) is 4.11. The standard InChI is InChI=1S/C11H16BrNO/c1-8-5-6-9(12)7-10(8)11(14-4)13(2)3/h5-7,11H,1-4H3. The van der Waals surface area contributed by atoms with E-state index >= 15 is 0 Å². The van der Waals surface area contributed by atoms with Gasteiger partial charge in [-0.25, -0.2) is 0 Å². The molecular formula is C11H16BrNO. The van der Waals surface area contributed by atoms with Gasteiger partial charge in [-0.15, -0.1) is 0 Å². The average Bonchev–Trinajstić information content (AvgIpc) is 2.11. The van der Waals surface area contributed by atoms with E-state index in [0.717, 1.165) is 4.47 Å². The van der Waals surface area contributed by atoms with Crippen LogP contribution in [0.1, 0.15) is 17.4 Å². The van der Waals surface area contributed by atoms with Gasteiger partial charge < -0.3 is 4.74 Å².